The zero-order valence-electron chi connectivity index (χ0n) is 16.9. The number of nitrogens with one attached hydrogen (secondary N) is 3. The number of rotatable bonds is 12. The third-order valence-corrected chi connectivity index (χ3v) is 6.75. The highest BCUT2D eigenvalue weighted by molar-refractivity contribution is 7.91. The van der Waals surface area contributed by atoms with Crippen LogP contribution in [0, 0.1) is 5.92 Å². The van der Waals surface area contributed by atoms with E-state index in [1.807, 2.05) is 37.3 Å². The Morgan fingerprint density at radius 3 is 2.62 bits per heavy atom. The van der Waals surface area contributed by atoms with Crippen LogP contribution in [0.15, 0.2) is 57.0 Å². The van der Waals surface area contributed by atoms with Crippen molar-refractivity contribution in [3.63, 3.8) is 0 Å². The van der Waals surface area contributed by atoms with Crippen molar-refractivity contribution < 1.29 is 13.2 Å². The number of hydrogen-bond acceptors (Lipinski definition) is 5. The van der Waals surface area contributed by atoms with Gasteiger partial charge in [0.05, 0.1) is 13.2 Å². The van der Waals surface area contributed by atoms with Crippen LogP contribution in [0.25, 0.3) is 0 Å². The zero-order valence-corrected chi connectivity index (χ0v) is 18.6. The summed E-state index contributed by atoms with van der Waals surface area (Å²) in [5, 5.41) is 8.06. The maximum Gasteiger partial charge on any atom is 0.250 e. The van der Waals surface area contributed by atoms with Gasteiger partial charge in [-0.25, -0.2) is 13.1 Å². The monoisotopic (exact) mass is 438 g/mol. The molecule has 0 aliphatic rings. The summed E-state index contributed by atoms with van der Waals surface area (Å²) in [5.41, 5.74) is 1.16. The van der Waals surface area contributed by atoms with Crippen LogP contribution in [0.3, 0.4) is 0 Å². The van der Waals surface area contributed by atoms with Gasteiger partial charge in [-0.1, -0.05) is 43.3 Å². The van der Waals surface area contributed by atoms with Crippen LogP contribution in [0.1, 0.15) is 19.4 Å². The van der Waals surface area contributed by atoms with Crippen LogP contribution in [-0.2, 0) is 21.4 Å². The Labute approximate surface area is 177 Å². The highest BCUT2D eigenvalue weighted by Gasteiger charge is 2.13. The van der Waals surface area contributed by atoms with Gasteiger partial charge >= 0.3 is 0 Å². The first-order valence-corrected chi connectivity index (χ1v) is 12.0. The Morgan fingerprint density at radius 1 is 1.14 bits per heavy atom. The van der Waals surface area contributed by atoms with Crippen molar-refractivity contribution in [2.45, 2.75) is 24.7 Å². The van der Waals surface area contributed by atoms with Crippen LogP contribution in [0.2, 0.25) is 0 Å². The molecule has 3 N–H and O–H groups in total. The summed E-state index contributed by atoms with van der Waals surface area (Å²) in [6, 6.07) is 13.4. The molecule has 0 bridgehead atoms. The Hall–Kier alpha value is -1.94. The number of thiophene rings is 1. The molecule has 0 radical (unpaired) electrons. The predicted molar refractivity (Wildman–Crippen MR) is 119 cm³/mol. The third kappa shape index (κ3) is 8.95. The molecule has 0 aliphatic carbocycles. The number of sulfonamides is 1. The van der Waals surface area contributed by atoms with Crippen molar-refractivity contribution in [1.82, 2.24) is 15.4 Å². The van der Waals surface area contributed by atoms with Crippen LogP contribution < -0.4 is 15.4 Å². The molecule has 1 atom stereocenters. The van der Waals surface area contributed by atoms with Gasteiger partial charge in [0, 0.05) is 26.2 Å². The second kappa shape index (κ2) is 12.6. The van der Waals surface area contributed by atoms with E-state index in [1.54, 1.807) is 17.5 Å². The average Bonchev–Trinajstić information content (AvgIpc) is 3.26. The van der Waals surface area contributed by atoms with E-state index in [0.717, 1.165) is 12.1 Å². The first kappa shape index (κ1) is 23.3. The molecule has 160 valence electrons. The van der Waals surface area contributed by atoms with E-state index in [2.05, 4.69) is 27.3 Å². The molecule has 0 fully saturated rings. The first-order valence-electron chi connectivity index (χ1n) is 9.68. The van der Waals surface area contributed by atoms with Gasteiger partial charge in [-0.3, -0.25) is 4.99 Å². The lowest BCUT2D eigenvalue weighted by Crippen LogP contribution is -2.41. The van der Waals surface area contributed by atoms with E-state index < -0.39 is 10.0 Å². The Morgan fingerprint density at radius 2 is 1.93 bits per heavy atom. The molecule has 1 aromatic heterocycles. The Bertz CT molecular complexity index is 825. The maximum atomic E-state index is 12.1. The first-order chi connectivity index (χ1) is 14.0. The minimum absolute atomic E-state index is 0.270. The number of aliphatic imine (C=N–C) groups is 1. The molecule has 2 rings (SSSR count). The number of hydrogen-bond donors (Lipinski definition) is 3. The average molecular weight is 439 g/mol. The summed E-state index contributed by atoms with van der Waals surface area (Å²) in [6.07, 6.45) is 0. The lowest BCUT2D eigenvalue weighted by Gasteiger charge is -2.14. The van der Waals surface area contributed by atoms with Gasteiger partial charge < -0.3 is 15.4 Å². The summed E-state index contributed by atoms with van der Waals surface area (Å²) in [6.45, 7) is 7.36. The molecule has 0 saturated carbocycles. The fourth-order valence-corrected chi connectivity index (χ4v) is 4.52. The van der Waals surface area contributed by atoms with E-state index in [-0.39, 0.29) is 12.5 Å². The molecule has 7 nitrogen and oxygen atoms in total. The number of ether oxygens (including phenoxy) is 1. The maximum absolute atomic E-state index is 12.1. The number of benzene rings is 1. The lowest BCUT2D eigenvalue weighted by atomic mass is 10.2. The van der Waals surface area contributed by atoms with Crippen LogP contribution >= 0.6 is 11.3 Å². The largest absolute Gasteiger partial charge is 0.376 e. The highest BCUT2D eigenvalue weighted by Crippen LogP contribution is 2.14. The van der Waals surface area contributed by atoms with Crippen molar-refractivity contribution in [1.29, 1.82) is 0 Å². The molecule has 0 aliphatic heterocycles. The standard InChI is InChI=1S/C20H30N4O3S2/c1-3-21-20(22-11-12-24-29(25,26)19-10-7-13-28-19)23-14-17(2)15-27-16-18-8-5-4-6-9-18/h4-10,13,17,24H,3,11-12,14-16H2,1-2H3,(H2,21,22,23). The van der Waals surface area contributed by atoms with Crippen molar-refractivity contribution in [2.75, 3.05) is 32.8 Å². The highest BCUT2D eigenvalue weighted by atomic mass is 32.2. The smallest absolute Gasteiger partial charge is 0.250 e. The lowest BCUT2D eigenvalue weighted by molar-refractivity contribution is 0.0945. The van der Waals surface area contributed by atoms with Gasteiger partial charge in [0.2, 0.25) is 10.0 Å². The second-order valence-corrected chi connectivity index (χ2v) is 9.52. The normalized spacial score (nSPS) is 13.2. The Balaban J connectivity index is 1.69. The summed E-state index contributed by atoms with van der Waals surface area (Å²) < 4.78 is 32.9. The van der Waals surface area contributed by atoms with Crippen LogP contribution in [-0.4, -0.2) is 47.2 Å². The second-order valence-electron chi connectivity index (χ2n) is 6.58. The fourth-order valence-electron chi connectivity index (χ4n) is 2.45. The van der Waals surface area contributed by atoms with E-state index in [9.17, 15) is 8.42 Å². The van der Waals surface area contributed by atoms with E-state index in [1.165, 1.54) is 11.3 Å². The van der Waals surface area contributed by atoms with E-state index >= 15 is 0 Å². The molecule has 1 unspecified atom stereocenters. The topological polar surface area (TPSA) is 91.8 Å². The molecule has 1 heterocycles. The van der Waals surface area contributed by atoms with Gasteiger partial charge in [0.1, 0.15) is 4.21 Å². The SMILES string of the molecule is CCNC(=NCC(C)COCc1ccccc1)NCCNS(=O)(=O)c1cccs1. The molecular weight excluding hydrogens is 408 g/mol. The molecule has 2 aromatic rings. The minimum atomic E-state index is -3.43. The molecule has 29 heavy (non-hydrogen) atoms. The molecular formula is C20H30N4O3S2. The number of nitrogens with zero attached hydrogens (tertiary/aromatic N) is 1. The van der Waals surface area contributed by atoms with Crippen molar-refractivity contribution >= 4 is 27.3 Å². The van der Waals surface area contributed by atoms with Gasteiger partial charge in [0.25, 0.3) is 0 Å². The summed E-state index contributed by atoms with van der Waals surface area (Å²) >= 11 is 1.20. The van der Waals surface area contributed by atoms with Crippen molar-refractivity contribution in [3.05, 3.63) is 53.4 Å². The fraction of sp³-hybridized carbons (Fsp3) is 0.450. The van der Waals surface area contributed by atoms with Crippen molar-refractivity contribution in [3.8, 4) is 0 Å². The van der Waals surface area contributed by atoms with Gasteiger partial charge in [-0.05, 0) is 29.9 Å². The quantitative estimate of drug-likeness (QED) is 0.269. The summed E-state index contributed by atoms with van der Waals surface area (Å²) in [5.74, 6) is 0.934. The van der Waals surface area contributed by atoms with Crippen LogP contribution in [0.5, 0.6) is 0 Å². The van der Waals surface area contributed by atoms with Gasteiger partial charge in [-0.15, -0.1) is 11.3 Å². The van der Waals surface area contributed by atoms with Crippen molar-refractivity contribution in [2.24, 2.45) is 10.9 Å². The zero-order chi connectivity index (χ0) is 21.0. The van der Waals surface area contributed by atoms with Crippen LogP contribution in [0.4, 0.5) is 0 Å². The summed E-state index contributed by atoms with van der Waals surface area (Å²) in [4.78, 5) is 4.56. The predicted octanol–water partition coefficient (Wildman–Crippen LogP) is 2.43. The number of guanidine groups is 1. The molecule has 0 spiro atoms. The van der Waals surface area contributed by atoms with Gasteiger partial charge in [0.15, 0.2) is 5.96 Å². The summed E-state index contributed by atoms with van der Waals surface area (Å²) in [7, 11) is -3.43. The molecule has 9 heteroatoms. The third-order valence-electron chi connectivity index (χ3n) is 3.89. The van der Waals surface area contributed by atoms with E-state index in [0.29, 0.717) is 36.5 Å². The minimum Gasteiger partial charge on any atom is -0.376 e. The molecule has 0 saturated heterocycles. The Kier molecular flexibility index (Phi) is 10.1. The van der Waals surface area contributed by atoms with Gasteiger partial charge in [-0.2, -0.15) is 0 Å². The molecule has 0 amide bonds. The molecule has 1 aromatic carbocycles. The van der Waals surface area contributed by atoms with E-state index in [4.69, 9.17) is 4.74 Å².